The molecule has 1 saturated heterocycles. The van der Waals surface area contributed by atoms with Crippen molar-refractivity contribution in [3.8, 4) is 11.8 Å². The molecular formula is C14H17N5O2. The van der Waals surface area contributed by atoms with Crippen LogP contribution in [0.3, 0.4) is 0 Å². The highest BCUT2D eigenvalue weighted by molar-refractivity contribution is 6.46. The molecule has 0 aliphatic carbocycles. The molecule has 1 aromatic rings. The molecule has 21 heavy (non-hydrogen) atoms. The Kier molecular flexibility index (Phi) is 5.12. The maximum absolute atomic E-state index is 9.18. The Morgan fingerprint density at radius 1 is 1.43 bits per heavy atom. The minimum absolute atomic E-state index is 0.0304. The van der Waals surface area contributed by atoms with Crippen LogP contribution in [0.15, 0.2) is 29.4 Å². The first-order chi connectivity index (χ1) is 10.3. The summed E-state index contributed by atoms with van der Waals surface area (Å²) in [4.78, 5) is 1.77. The quantitative estimate of drug-likeness (QED) is 0.494. The fourth-order valence-corrected chi connectivity index (χ4v) is 1.92. The number of para-hydroxylation sites is 2. The van der Waals surface area contributed by atoms with Gasteiger partial charge in [0.25, 0.3) is 0 Å². The average molecular weight is 287 g/mol. The van der Waals surface area contributed by atoms with Crippen molar-refractivity contribution < 1.29 is 9.47 Å². The highest BCUT2D eigenvalue weighted by atomic mass is 16.5. The zero-order chi connectivity index (χ0) is 15.1. The highest BCUT2D eigenvalue weighted by Crippen LogP contribution is 2.22. The summed E-state index contributed by atoms with van der Waals surface area (Å²) in [5.41, 5.74) is 3.45. The number of methoxy groups -OCH3 is 1. The molecule has 1 aliphatic rings. The van der Waals surface area contributed by atoms with Crippen LogP contribution in [0.4, 0.5) is 5.69 Å². The van der Waals surface area contributed by atoms with E-state index in [9.17, 15) is 5.26 Å². The van der Waals surface area contributed by atoms with Crippen LogP contribution in [0.2, 0.25) is 0 Å². The van der Waals surface area contributed by atoms with Crippen LogP contribution >= 0.6 is 0 Å². The predicted octanol–water partition coefficient (Wildman–Crippen LogP) is 1.30. The number of morpholine rings is 1. The summed E-state index contributed by atoms with van der Waals surface area (Å²) in [5.74, 6) is 0.722. The SMILES string of the molecule is COc1ccccc1N/N=C(\C#N)C(=N)N1CCOCC1. The lowest BCUT2D eigenvalue weighted by Gasteiger charge is -2.28. The number of hydrogen-bond donors (Lipinski definition) is 2. The van der Waals surface area contributed by atoms with Crippen molar-refractivity contribution >= 4 is 17.2 Å². The molecular weight excluding hydrogens is 270 g/mol. The van der Waals surface area contributed by atoms with Gasteiger partial charge in [-0.05, 0) is 12.1 Å². The van der Waals surface area contributed by atoms with Gasteiger partial charge in [-0.3, -0.25) is 10.8 Å². The van der Waals surface area contributed by atoms with E-state index in [0.717, 1.165) is 0 Å². The van der Waals surface area contributed by atoms with E-state index in [0.29, 0.717) is 37.7 Å². The zero-order valence-corrected chi connectivity index (χ0v) is 11.8. The monoisotopic (exact) mass is 287 g/mol. The summed E-state index contributed by atoms with van der Waals surface area (Å²) in [6.45, 7) is 2.30. The van der Waals surface area contributed by atoms with Crippen molar-refractivity contribution in [2.45, 2.75) is 0 Å². The predicted molar refractivity (Wildman–Crippen MR) is 79.8 cm³/mol. The maximum atomic E-state index is 9.18. The second-order valence-corrected chi connectivity index (χ2v) is 4.33. The molecule has 0 aromatic heterocycles. The van der Waals surface area contributed by atoms with E-state index in [1.807, 2.05) is 18.2 Å². The van der Waals surface area contributed by atoms with Crippen LogP contribution in [-0.2, 0) is 4.74 Å². The van der Waals surface area contributed by atoms with Gasteiger partial charge >= 0.3 is 0 Å². The first kappa shape index (κ1) is 14.8. The second-order valence-electron chi connectivity index (χ2n) is 4.33. The number of amidine groups is 1. The van der Waals surface area contributed by atoms with Crippen LogP contribution in [0.5, 0.6) is 5.75 Å². The van der Waals surface area contributed by atoms with Crippen LogP contribution in [0, 0.1) is 16.7 Å². The molecule has 0 amide bonds. The number of rotatable bonds is 4. The number of benzene rings is 1. The molecule has 1 aromatic carbocycles. The Balaban J connectivity index is 2.10. The van der Waals surface area contributed by atoms with Gasteiger partial charge in [0.05, 0.1) is 26.0 Å². The van der Waals surface area contributed by atoms with Crippen LogP contribution in [0.25, 0.3) is 0 Å². The molecule has 2 N–H and O–H groups in total. The Bertz CT molecular complexity index is 573. The van der Waals surface area contributed by atoms with Gasteiger partial charge in [-0.15, -0.1) is 0 Å². The number of hydrogen-bond acceptors (Lipinski definition) is 6. The Hall–Kier alpha value is -2.59. The zero-order valence-electron chi connectivity index (χ0n) is 11.8. The van der Waals surface area contributed by atoms with Gasteiger partial charge in [-0.25, -0.2) is 0 Å². The molecule has 7 nitrogen and oxygen atoms in total. The lowest BCUT2D eigenvalue weighted by molar-refractivity contribution is 0.0686. The average Bonchev–Trinajstić information content (AvgIpc) is 2.56. The van der Waals surface area contributed by atoms with Crippen LogP contribution in [0.1, 0.15) is 0 Å². The number of nitrogens with one attached hydrogen (secondary N) is 2. The summed E-state index contributed by atoms with van der Waals surface area (Å²) < 4.78 is 10.4. The Labute approximate surface area is 123 Å². The lowest BCUT2D eigenvalue weighted by atomic mass is 10.3. The third-order valence-corrected chi connectivity index (χ3v) is 3.05. The number of ether oxygens (including phenoxy) is 2. The summed E-state index contributed by atoms with van der Waals surface area (Å²) in [7, 11) is 1.56. The third-order valence-electron chi connectivity index (χ3n) is 3.05. The molecule has 0 spiro atoms. The van der Waals surface area contributed by atoms with Crippen molar-refractivity contribution in [3.05, 3.63) is 24.3 Å². The van der Waals surface area contributed by atoms with Gasteiger partial charge in [0.15, 0.2) is 5.84 Å². The molecule has 0 saturated carbocycles. The Morgan fingerprint density at radius 2 is 2.14 bits per heavy atom. The summed E-state index contributed by atoms with van der Waals surface area (Å²) in [6, 6.07) is 9.20. The Morgan fingerprint density at radius 3 is 2.81 bits per heavy atom. The molecule has 0 radical (unpaired) electrons. The second kappa shape index (κ2) is 7.26. The van der Waals surface area contributed by atoms with Gasteiger partial charge in [-0.1, -0.05) is 12.1 Å². The summed E-state index contributed by atoms with van der Waals surface area (Å²) in [5, 5.41) is 21.2. The largest absolute Gasteiger partial charge is 0.495 e. The van der Waals surface area contributed by atoms with E-state index >= 15 is 0 Å². The van der Waals surface area contributed by atoms with Crippen LogP contribution in [-0.4, -0.2) is 49.9 Å². The molecule has 1 heterocycles. The summed E-state index contributed by atoms with van der Waals surface area (Å²) >= 11 is 0. The fourth-order valence-electron chi connectivity index (χ4n) is 1.92. The van der Waals surface area contributed by atoms with E-state index < -0.39 is 0 Å². The summed E-state index contributed by atoms with van der Waals surface area (Å²) in [6.07, 6.45) is 0. The lowest BCUT2D eigenvalue weighted by Crippen LogP contribution is -2.43. The van der Waals surface area contributed by atoms with Gasteiger partial charge in [0.1, 0.15) is 11.8 Å². The van der Waals surface area contributed by atoms with E-state index in [1.54, 1.807) is 24.1 Å². The molecule has 0 unspecified atom stereocenters. The molecule has 7 heteroatoms. The van der Waals surface area contributed by atoms with E-state index in [2.05, 4.69) is 10.5 Å². The molecule has 0 atom stereocenters. The fraction of sp³-hybridized carbons (Fsp3) is 0.357. The van der Waals surface area contributed by atoms with Gasteiger partial charge in [-0.2, -0.15) is 10.4 Å². The van der Waals surface area contributed by atoms with E-state index in [-0.39, 0.29) is 11.5 Å². The molecule has 110 valence electrons. The molecule has 2 rings (SSSR count). The highest BCUT2D eigenvalue weighted by Gasteiger charge is 2.18. The molecule has 1 aliphatic heterocycles. The number of anilines is 1. The number of nitriles is 1. The van der Waals surface area contributed by atoms with Gasteiger partial charge in [0.2, 0.25) is 5.71 Å². The van der Waals surface area contributed by atoms with Gasteiger partial charge < -0.3 is 14.4 Å². The minimum Gasteiger partial charge on any atom is -0.495 e. The van der Waals surface area contributed by atoms with Crippen molar-refractivity contribution in [1.29, 1.82) is 10.7 Å². The first-order valence-electron chi connectivity index (χ1n) is 6.54. The number of hydrazone groups is 1. The minimum atomic E-state index is 0.0304. The standard InChI is InChI=1S/C14H17N5O2/c1-20-13-5-3-2-4-11(13)17-18-12(10-15)14(16)19-6-8-21-9-7-19/h2-5,16-17H,6-9H2,1H3/b16-14?,18-12+. The van der Waals surface area contributed by atoms with Crippen LogP contribution < -0.4 is 10.2 Å². The van der Waals surface area contributed by atoms with E-state index in [1.165, 1.54) is 0 Å². The first-order valence-corrected chi connectivity index (χ1v) is 6.54. The normalized spacial score (nSPS) is 15.2. The van der Waals surface area contributed by atoms with Crippen molar-refractivity contribution in [1.82, 2.24) is 4.90 Å². The smallest absolute Gasteiger partial charge is 0.202 e. The third kappa shape index (κ3) is 3.70. The van der Waals surface area contributed by atoms with Crippen molar-refractivity contribution in [2.24, 2.45) is 5.10 Å². The molecule has 0 bridgehead atoms. The van der Waals surface area contributed by atoms with Crippen molar-refractivity contribution in [2.75, 3.05) is 38.8 Å². The van der Waals surface area contributed by atoms with Gasteiger partial charge in [0, 0.05) is 13.1 Å². The number of nitrogens with zero attached hydrogens (tertiary/aromatic N) is 3. The maximum Gasteiger partial charge on any atom is 0.202 e. The topological polar surface area (TPSA) is 93.7 Å². The van der Waals surface area contributed by atoms with Crippen molar-refractivity contribution in [3.63, 3.8) is 0 Å². The molecule has 1 fully saturated rings. The van der Waals surface area contributed by atoms with E-state index in [4.69, 9.17) is 14.9 Å².